The number of halogens is 1. The fourth-order valence-corrected chi connectivity index (χ4v) is 4.63. The number of phenolic OH excluding ortho intramolecular Hbond substituents is 1. The summed E-state index contributed by atoms with van der Waals surface area (Å²) in [6.07, 6.45) is 2.74. The van der Waals surface area contributed by atoms with Gasteiger partial charge in [-0.2, -0.15) is 0 Å². The van der Waals surface area contributed by atoms with Gasteiger partial charge in [0.25, 0.3) is 0 Å². The van der Waals surface area contributed by atoms with Gasteiger partial charge in [0, 0.05) is 37.8 Å². The van der Waals surface area contributed by atoms with Crippen molar-refractivity contribution in [2.75, 3.05) is 43.1 Å². The van der Waals surface area contributed by atoms with Crippen LogP contribution in [0.1, 0.15) is 43.0 Å². The lowest BCUT2D eigenvalue weighted by Gasteiger charge is -2.34. The second kappa shape index (κ2) is 8.20. The van der Waals surface area contributed by atoms with Gasteiger partial charge in [-0.25, -0.2) is 14.4 Å². The van der Waals surface area contributed by atoms with E-state index in [1.807, 2.05) is 48.3 Å². The normalized spacial score (nSPS) is 18.2. The van der Waals surface area contributed by atoms with Crippen molar-refractivity contribution < 1.29 is 14.6 Å². The lowest BCUT2D eigenvalue weighted by atomic mass is 9.89. The van der Waals surface area contributed by atoms with Crippen LogP contribution in [0.15, 0.2) is 42.5 Å². The molecule has 1 saturated heterocycles. The number of alkyl halides is 1. The average Bonchev–Trinajstić information content (AvgIpc) is 3.57. The molecule has 1 aliphatic heterocycles. The molecule has 2 aromatic carbocycles. The molecule has 0 radical (unpaired) electrons. The lowest BCUT2D eigenvalue weighted by Crippen LogP contribution is -2.34. The summed E-state index contributed by atoms with van der Waals surface area (Å²) in [5.74, 6) is 1.72. The van der Waals surface area contributed by atoms with Gasteiger partial charge in [-0.3, -0.25) is 0 Å². The van der Waals surface area contributed by atoms with E-state index in [1.165, 1.54) is 0 Å². The number of phenols is 1. The monoisotopic (exact) mass is 436 g/mol. The summed E-state index contributed by atoms with van der Waals surface area (Å²) >= 11 is 0. The summed E-state index contributed by atoms with van der Waals surface area (Å²) in [7, 11) is 1.94. The summed E-state index contributed by atoms with van der Waals surface area (Å²) in [6, 6.07) is 13.5. The van der Waals surface area contributed by atoms with Crippen molar-refractivity contribution in [3.8, 4) is 5.75 Å². The molecule has 168 valence electrons. The molecular weight excluding hydrogens is 407 g/mol. The average molecular weight is 437 g/mol. The molecule has 3 aromatic rings. The molecule has 0 atom stereocenters. The molecule has 7 heteroatoms. The Morgan fingerprint density at radius 3 is 2.56 bits per heavy atom. The standard InChI is InChI=1S/C25H29FN4O2/c1-29(14-15-31)18-6-7-21-20(16-18)23(28-24(27-21)25(26)10-11-25)30-12-8-17(9-13-30)19-4-2-3-5-22(19)32/h2-7,16-17,31-32H,8-15H2,1H3. The number of likely N-dealkylation sites (N-methyl/N-ethyl adjacent to an activating group) is 1. The summed E-state index contributed by atoms with van der Waals surface area (Å²) in [6.45, 7) is 2.15. The molecule has 2 aliphatic rings. The number of hydrogen-bond acceptors (Lipinski definition) is 6. The summed E-state index contributed by atoms with van der Waals surface area (Å²) < 4.78 is 14.9. The number of aliphatic hydroxyl groups is 1. The predicted octanol–water partition coefficient (Wildman–Crippen LogP) is 4.11. The molecule has 0 amide bonds. The summed E-state index contributed by atoms with van der Waals surface area (Å²) in [4.78, 5) is 13.5. The molecule has 1 aromatic heterocycles. The number of hydrogen-bond donors (Lipinski definition) is 2. The number of fused-ring (bicyclic) bond motifs is 1. The molecule has 5 rings (SSSR count). The van der Waals surface area contributed by atoms with Crippen LogP contribution in [0.25, 0.3) is 10.9 Å². The van der Waals surface area contributed by atoms with Crippen LogP contribution >= 0.6 is 0 Å². The zero-order chi connectivity index (χ0) is 22.3. The van der Waals surface area contributed by atoms with E-state index in [2.05, 4.69) is 9.88 Å². The largest absolute Gasteiger partial charge is 0.508 e. The number of anilines is 2. The molecule has 0 bridgehead atoms. The first-order chi connectivity index (χ1) is 15.5. The van der Waals surface area contributed by atoms with E-state index in [0.717, 1.165) is 53.9 Å². The Kier molecular flexibility index (Phi) is 5.37. The second-order valence-corrected chi connectivity index (χ2v) is 9.00. The van der Waals surface area contributed by atoms with Crippen LogP contribution in [-0.4, -0.2) is 53.5 Å². The summed E-state index contributed by atoms with van der Waals surface area (Å²) in [5, 5.41) is 20.5. The van der Waals surface area contributed by atoms with Crippen molar-refractivity contribution in [1.82, 2.24) is 9.97 Å². The second-order valence-electron chi connectivity index (χ2n) is 9.00. The SMILES string of the molecule is CN(CCO)c1ccc2nc(C3(F)CC3)nc(N3CCC(c4ccccc4O)CC3)c2c1. The number of para-hydroxylation sites is 1. The molecule has 2 heterocycles. The molecule has 0 unspecified atom stereocenters. The smallest absolute Gasteiger partial charge is 0.170 e. The van der Waals surface area contributed by atoms with Crippen LogP contribution in [-0.2, 0) is 5.67 Å². The van der Waals surface area contributed by atoms with Gasteiger partial charge in [0.1, 0.15) is 11.6 Å². The van der Waals surface area contributed by atoms with E-state index in [-0.39, 0.29) is 6.61 Å². The minimum absolute atomic E-state index is 0.0705. The van der Waals surface area contributed by atoms with E-state index in [4.69, 9.17) is 4.98 Å². The van der Waals surface area contributed by atoms with Crippen molar-refractivity contribution in [3.05, 3.63) is 53.9 Å². The number of aliphatic hydroxyl groups excluding tert-OH is 1. The van der Waals surface area contributed by atoms with Crippen molar-refractivity contribution in [3.63, 3.8) is 0 Å². The van der Waals surface area contributed by atoms with Gasteiger partial charge in [-0.15, -0.1) is 0 Å². The molecule has 2 N–H and O–H groups in total. The first kappa shape index (κ1) is 20.9. The predicted molar refractivity (Wildman–Crippen MR) is 124 cm³/mol. The molecule has 1 aliphatic carbocycles. The number of piperidine rings is 1. The maximum absolute atomic E-state index is 14.9. The van der Waals surface area contributed by atoms with Crippen LogP contribution in [0, 0.1) is 0 Å². The van der Waals surface area contributed by atoms with Crippen molar-refractivity contribution in [1.29, 1.82) is 0 Å². The Hall–Kier alpha value is -2.93. The van der Waals surface area contributed by atoms with Gasteiger partial charge in [-0.05, 0) is 61.4 Å². The van der Waals surface area contributed by atoms with Crippen LogP contribution in [0.2, 0.25) is 0 Å². The van der Waals surface area contributed by atoms with Crippen LogP contribution < -0.4 is 9.80 Å². The first-order valence-corrected chi connectivity index (χ1v) is 11.3. The zero-order valence-corrected chi connectivity index (χ0v) is 18.3. The molecule has 32 heavy (non-hydrogen) atoms. The highest BCUT2D eigenvalue weighted by Crippen LogP contribution is 2.49. The molecule has 0 spiro atoms. The van der Waals surface area contributed by atoms with Crippen LogP contribution in [0.4, 0.5) is 15.9 Å². The van der Waals surface area contributed by atoms with Crippen molar-refractivity contribution >= 4 is 22.4 Å². The van der Waals surface area contributed by atoms with Gasteiger partial charge in [0.15, 0.2) is 11.5 Å². The Balaban J connectivity index is 1.49. The molecule has 2 fully saturated rings. The maximum atomic E-state index is 14.9. The van der Waals surface area contributed by atoms with Crippen molar-refractivity contribution in [2.45, 2.75) is 37.3 Å². The van der Waals surface area contributed by atoms with Crippen molar-refractivity contribution in [2.24, 2.45) is 0 Å². The fraction of sp³-hybridized carbons (Fsp3) is 0.440. The lowest BCUT2D eigenvalue weighted by molar-refractivity contribution is 0.301. The van der Waals surface area contributed by atoms with Gasteiger partial charge in [0.2, 0.25) is 0 Å². The third-order valence-electron chi connectivity index (χ3n) is 6.80. The zero-order valence-electron chi connectivity index (χ0n) is 18.3. The minimum atomic E-state index is -1.40. The van der Waals surface area contributed by atoms with Crippen LogP contribution in [0.5, 0.6) is 5.75 Å². The number of aromatic hydroxyl groups is 1. The van der Waals surface area contributed by atoms with Gasteiger partial charge in [0.05, 0.1) is 12.1 Å². The van der Waals surface area contributed by atoms with Crippen LogP contribution in [0.3, 0.4) is 0 Å². The van der Waals surface area contributed by atoms with E-state index in [1.54, 1.807) is 6.07 Å². The summed E-state index contributed by atoms with van der Waals surface area (Å²) in [5.41, 5.74) is 1.31. The third-order valence-corrected chi connectivity index (χ3v) is 6.80. The number of rotatable bonds is 6. The molecular formula is C25H29FN4O2. The third kappa shape index (κ3) is 3.86. The Morgan fingerprint density at radius 1 is 1.12 bits per heavy atom. The highest BCUT2D eigenvalue weighted by molar-refractivity contribution is 5.92. The fourth-order valence-electron chi connectivity index (χ4n) is 4.63. The van der Waals surface area contributed by atoms with Gasteiger partial charge >= 0.3 is 0 Å². The minimum Gasteiger partial charge on any atom is -0.508 e. The Bertz CT molecular complexity index is 1130. The van der Waals surface area contributed by atoms with E-state index >= 15 is 0 Å². The van der Waals surface area contributed by atoms with E-state index < -0.39 is 5.67 Å². The molecule has 1 saturated carbocycles. The highest BCUT2D eigenvalue weighted by Gasteiger charge is 2.48. The van der Waals surface area contributed by atoms with E-state index in [0.29, 0.717) is 36.9 Å². The Labute approximate surface area is 187 Å². The van der Waals surface area contributed by atoms with Gasteiger partial charge in [-0.1, -0.05) is 18.2 Å². The Morgan fingerprint density at radius 2 is 1.88 bits per heavy atom. The van der Waals surface area contributed by atoms with Gasteiger partial charge < -0.3 is 20.0 Å². The number of benzene rings is 2. The number of aromatic nitrogens is 2. The molecule has 6 nitrogen and oxygen atoms in total. The maximum Gasteiger partial charge on any atom is 0.170 e. The quantitative estimate of drug-likeness (QED) is 0.606. The number of nitrogens with zero attached hydrogens (tertiary/aromatic N) is 4. The highest BCUT2D eigenvalue weighted by atomic mass is 19.1. The first-order valence-electron chi connectivity index (χ1n) is 11.3. The van der Waals surface area contributed by atoms with E-state index in [9.17, 15) is 14.6 Å². The topological polar surface area (TPSA) is 72.7 Å².